The molecule has 1 heterocycles. The molecule has 2 aromatic rings. The summed E-state index contributed by atoms with van der Waals surface area (Å²) < 4.78 is 40.4. The first-order valence-corrected chi connectivity index (χ1v) is 10.9. The van der Waals surface area contributed by atoms with Gasteiger partial charge in [0.15, 0.2) is 0 Å². The maximum atomic E-state index is 13.9. The Kier molecular flexibility index (Phi) is 6.37. The molecule has 1 saturated heterocycles. The highest BCUT2D eigenvalue weighted by molar-refractivity contribution is 7.89. The van der Waals surface area contributed by atoms with Crippen molar-refractivity contribution in [3.63, 3.8) is 0 Å². The fourth-order valence-electron chi connectivity index (χ4n) is 3.17. The van der Waals surface area contributed by atoms with Crippen LogP contribution in [0.3, 0.4) is 0 Å². The molecule has 0 atom stereocenters. The zero-order valence-electron chi connectivity index (χ0n) is 15.6. The molecule has 0 aromatic heterocycles. The van der Waals surface area contributed by atoms with Crippen molar-refractivity contribution in [2.45, 2.75) is 24.7 Å². The number of hydrogen-bond acceptors (Lipinski definition) is 3. The van der Waals surface area contributed by atoms with Gasteiger partial charge in [-0.05, 0) is 42.7 Å². The molecule has 0 saturated carbocycles. The van der Waals surface area contributed by atoms with Crippen LogP contribution in [-0.2, 0) is 21.2 Å². The number of amides is 1. The van der Waals surface area contributed by atoms with Crippen molar-refractivity contribution in [2.24, 2.45) is 0 Å². The van der Waals surface area contributed by atoms with Crippen molar-refractivity contribution in [3.05, 3.63) is 64.4 Å². The normalized spacial score (nSPS) is 15.6. The third kappa shape index (κ3) is 4.54. The number of piperazine rings is 1. The van der Waals surface area contributed by atoms with Crippen molar-refractivity contribution < 1.29 is 17.6 Å². The quantitative estimate of drug-likeness (QED) is 0.740. The number of sulfonamides is 1. The zero-order valence-corrected chi connectivity index (χ0v) is 17.1. The molecule has 0 radical (unpaired) electrons. The van der Waals surface area contributed by atoms with Crippen molar-refractivity contribution >= 4 is 27.5 Å². The Morgan fingerprint density at radius 1 is 1.11 bits per heavy atom. The summed E-state index contributed by atoms with van der Waals surface area (Å²) >= 11 is 6.11. The number of hydrogen-bond donors (Lipinski definition) is 0. The molecule has 0 unspecified atom stereocenters. The van der Waals surface area contributed by atoms with Gasteiger partial charge < -0.3 is 4.90 Å². The summed E-state index contributed by atoms with van der Waals surface area (Å²) in [5, 5.41) is 0.678. The van der Waals surface area contributed by atoms with E-state index in [-0.39, 0.29) is 23.9 Å². The van der Waals surface area contributed by atoms with E-state index in [1.165, 1.54) is 22.5 Å². The highest BCUT2D eigenvalue weighted by Gasteiger charge is 2.31. The van der Waals surface area contributed by atoms with Gasteiger partial charge in [-0.2, -0.15) is 4.31 Å². The molecule has 2 aromatic carbocycles. The molecule has 28 heavy (non-hydrogen) atoms. The summed E-state index contributed by atoms with van der Waals surface area (Å²) in [5.74, 6) is -0.794. The van der Waals surface area contributed by atoms with E-state index >= 15 is 0 Å². The Balaban J connectivity index is 1.56. The molecular formula is C20H22ClFN2O3S. The van der Waals surface area contributed by atoms with E-state index in [1.807, 2.05) is 25.1 Å². The first-order valence-electron chi connectivity index (χ1n) is 9.06. The molecule has 1 fully saturated rings. The standard InChI is InChI=1S/C20H22ClFN2O3S/c1-15-6-7-16(14-17(15)21)8-9-20(25)23-10-12-24(13-11-23)28(26,27)19-5-3-2-4-18(19)22/h2-7,14H,8-13H2,1H3. The predicted molar refractivity (Wildman–Crippen MR) is 106 cm³/mol. The number of carbonyl (C=O) groups is 1. The van der Waals surface area contributed by atoms with Gasteiger partial charge in [-0.1, -0.05) is 35.9 Å². The highest BCUT2D eigenvalue weighted by Crippen LogP contribution is 2.21. The van der Waals surface area contributed by atoms with Crippen LogP contribution in [0, 0.1) is 12.7 Å². The summed E-state index contributed by atoms with van der Waals surface area (Å²) in [5.41, 5.74) is 1.98. The molecule has 1 amide bonds. The van der Waals surface area contributed by atoms with Crippen molar-refractivity contribution in [1.29, 1.82) is 0 Å². The molecule has 8 heteroatoms. The smallest absolute Gasteiger partial charge is 0.246 e. The SMILES string of the molecule is Cc1ccc(CCC(=O)N2CCN(S(=O)(=O)c3ccccc3F)CC2)cc1Cl. The van der Waals surface area contributed by atoms with Gasteiger partial charge in [-0.3, -0.25) is 4.79 Å². The van der Waals surface area contributed by atoms with Crippen LogP contribution in [0.2, 0.25) is 5.02 Å². The molecule has 1 aliphatic heterocycles. The molecule has 150 valence electrons. The first-order chi connectivity index (χ1) is 13.3. The van der Waals surface area contributed by atoms with E-state index in [0.717, 1.165) is 17.2 Å². The fourth-order valence-corrected chi connectivity index (χ4v) is 4.86. The van der Waals surface area contributed by atoms with E-state index in [2.05, 4.69) is 0 Å². The molecular weight excluding hydrogens is 403 g/mol. The van der Waals surface area contributed by atoms with Gasteiger partial charge in [0.2, 0.25) is 15.9 Å². The average Bonchev–Trinajstić information content (AvgIpc) is 2.69. The maximum Gasteiger partial charge on any atom is 0.246 e. The molecule has 5 nitrogen and oxygen atoms in total. The number of benzene rings is 2. The van der Waals surface area contributed by atoms with Gasteiger partial charge in [0.25, 0.3) is 0 Å². The van der Waals surface area contributed by atoms with Crippen LogP contribution in [-0.4, -0.2) is 49.7 Å². The number of aryl methyl sites for hydroxylation is 2. The molecule has 0 spiro atoms. The second kappa shape index (κ2) is 8.59. The summed E-state index contributed by atoms with van der Waals surface area (Å²) in [6, 6.07) is 11.1. The Morgan fingerprint density at radius 2 is 1.79 bits per heavy atom. The van der Waals surface area contributed by atoms with Crippen molar-refractivity contribution in [3.8, 4) is 0 Å². The molecule has 0 bridgehead atoms. The van der Waals surface area contributed by atoms with Crippen molar-refractivity contribution in [2.75, 3.05) is 26.2 Å². The zero-order chi connectivity index (χ0) is 20.3. The minimum Gasteiger partial charge on any atom is -0.340 e. The number of carbonyl (C=O) groups excluding carboxylic acids is 1. The van der Waals surface area contributed by atoms with E-state index in [0.29, 0.717) is 31.0 Å². The molecule has 0 aliphatic carbocycles. The maximum absolute atomic E-state index is 13.9. The molecule has 1 aliphatic rings. The van der Waals surface area contributed by atoms with Crippen LogP contribution >= 0.6 is 11.6 Å². The van der Waals surface area contributed by atoms with E-state index in [4.69, 9.17) is 11.6 Å². The Labute approximate surface area is 169 Å². The van der Waals surface area contributed by atoms with E-state index < -0.39 is 15.8 Å². The van der Waals surface area contributed by atoms with Crippen LogP contribution in [0.4, 0.5) is 4.39 Å². The number of rotatable bonds is 5. The Bertz CT molecular complexity index is 973. The van der Waals surface area contributed by atoms with Gasteiger partial charge in [-0.15, -0.1) is 0 Å². The number of nitrogens with zero attached hydrogens (tertiary/aromatic N) is 2. The first kappa shape index (κ1) is 20.8. The van der Waals surface area contributed by atoms with Crippen molar-refractivity contribution in [1.82, 2.24) is 9.21 Å². The summed E-state index contributed by atoms with van der Waals surface area (Å²) in [6.07, 6.45) is 0.909. The summed E-state index contributed by atoms with van der Waals surface area (Å²) in [6.45, 7) is 2.81. The lowest BCUT2D eigenvalue weighted by Gasteiger charge is -2.34. The summed E-state index contributed by atoms with van der Waals surface area (Å²) in [7, 11) is -3.90. The lowest BCUT2D eigenvalue weighted by atomic mass is 10.1. The predicted octanol–water partition coefficient (Wildman–Crippen LogP) is 3.25. The Hall–Kier alpha value is -1.96. The Morgan fingerprint density at radius 3 is 2.43 bits per heavy atom. The van der Waals surface area contributed by atoms with Gasteiger partial charge in [-0.25, -0.2) is 12.8 Å². The number of halogens is 2. The van der Waals surface area contributed by atoms with Gasteiger partial charge >= 0.3 is 0 Å². The lowest BCUT2D eigenvalue weighted by molar-refractivity contribution is -0.132. The van der Waals surface area contributed by atoms with Gasteiger partial charge in [0.05, 0.1) is 0 Å². The van der Waals surface area contributed by atoms with Gasteiger partial charge in [0.1, 0.15) is 10.7 Å². The lowest BCUT2D eigenvalue weighted by Crippen LogP contribution is -2.50. The topological polar surface area (TPSA) is 57.7 Å². The van der Waals surface area contributed by atoms with Crippen LogP contribution in [0.15, 0.2) is 47.4 Å². The average molecular weight is 425 g/mol. The third-order valence-electron chi connectivity index (χ3n) is 4.91. The van der Waals surface area contributed by atoms with Crippen LogP contribution in [0.25, 0.3) is 0 Å². The minimum atomic E-state index is -3.90. The molecule has 3 rings (SSSR count). The van der Waals surface area contributed by atoms with E-state index in [1.54, 1.807) is 4.90 Å². The summed E-state index contributed by atoms with van der Waals surface area (Å²) in [4.78, 5) is 13.8. The molecule has 0 N–H and O–H groups in total. The monoisotopic (exact) mass is 424 g/mol. The van der Waals surface area contributed by atoms with Crippen LogP contribution in [0.1, 0.15) is 17.5 Å². The minimum absolute atomic E-state index is 0.0281. The van der Waals surface area contributed by atoms with Crippen LogP contribution in [0.5, 0.6) is 0 Å². The fraction of sp³-hybridized carbons (Fsp3) is 0.350. The third-order valence-corrected chi connectivity index (χ3v) is 7.25. The van der Waals surface area contributed by atoms with E-state index in [9.17, 15) is 17.6 Å². The second-order valence-electron chi connectivity index (χ2n) is 6.80. The largest absolute Gasteiger partial charge is 0.340 e. The van der Waals surface area contributed by atoms with Crippen LogP contribution < -0.4 is 0 Å². The highest BCUT2D eigenvalue weighted by atomic mass is 35.5. The van der Waals surface area contributed by atoms with Gasteiger partial charge in [0, 0.05) is 37.6 Å². The second-order valence-corrected chi connectivity index (χ2v) is 9.11.